The van der Waals surface area contributed by atoms with Crippen molar-refractivity contribution < 1.29 is 9.59 Å². The van der Waals surface area contributed by atoms with Crippen molar-refractivity contribution in [3.63, 3.8) is 0 Å². The van der Waals surface area contributed by atoms with Gasteiger partial charge in [-0.15, -0.1) is 11.8 Å². The number of thioether (sulfide) groups is 1. The van der Waals surface area contributed by atoms with Crippen LogP contribution in [0.25, 0.3) is 0 Å². The molecule has 1 unspecified atom stereocenters. The smallest absolute Gasteiger partial charge is 0.243 e. The molecule has 0 saturated heterocycles. The van der Waals surface area contributed by atoms with Gasteiger partial charge in [-0.05, 0) is 63.9 Å². The Morgan fingerprint density at radius 1 is 1.06 bits per heavy atom. The van der Waals surface area contributed by atoms with E-state index in [4.69, 9.17) is 23.2 Å². The first kappa shape index (κ1) is 26.6. The molecule has 0 aliphatic carbocycles. The molecule has 0 fully saturated rings. The highest BCUT2D eigenvalue weighted by Gasteiger charge is 2.30. The number of rotatable bonds is 9. The van der Waals surface area contributed by atoms with Gasteiger partial charge in [-0.3, -0.25) is 9.59 Å². The molecule has 174 valence electrons. The highest BCUT2D eigenvalue weighted by atomic mass is 35.5. The summed E-state index contributed by atoms with van der Waals surface area (Å²) in [6.45, 7) is 10.1. The normalized spacial score (nSPS) is 12.3. The summed E-state index contributed by atoms with van der Waals surface area (Å²) in [7, 11) is 0. The van der Waals surface area contributed by atoms with E-state index in [1.165, 1.54) is 5.56 Å². The first-order valence-electron chi connectivity index (χ1n) is 10.7. The number of carbonyl (C=O) groups excluding carboxylic acids is 2. The fourth-order valence-corrected chi connectivity index (χ4v) is 4.40. The third-order valence-corrected chi connectivity index (χ3v) is 6.58. The predicted molar refractivity (Wildman–Crippen MR) is 136 cm³/mol. The molecule has 0 aliphatic rings. The second-order valence-corrected chi connectivity index (χ2v) is 10.8. The second kappa shape index (κ2) is 12.0. The van der Waals surface area contributed by atoms with Gasteiger partial charge in [0.15, 0.2) is 0 Å². The average Bonchev–Trinajstić information content (AvgIpc) is 2.70. The topological polar surface area (TPSA) is 49.4 Å². The van der Waals surface area contributed by atoms with Crippen molar-refractivity contribution in [3.8, 4) is 0 Å². The van der Waals surface area contributed by atoms with Crippen LogP contribution in [-0.2, 0) is 16.1 Å². The number of amides is 2. The maximum absolute atomic E-state index is 13.3. The third-order valence-electron chi connectivity index (χ3n) is 4.83. The molecular weight excluding hydrogens is 463 g/mol. The van der Waals surface area contributed by atoms with Crippen LogP contribution in [0, 0.1) is 6.92 Å². The Hall–Kier alpha value is -1.69. The minimum Gasteiger partial charge on any atom is -0.350 e. The molecule has 0 radical (unpaired) electrons. The highest BCUT2D eigenvalue weighted by Crippen LogP contribution is 2.25. The van der Waals surface area contributed by atoms with Crippen molar-refractivity contribution in [2.24, 2.45) is 0 Å². The molecule has 32 heavy (non-hydrogen) atoms. The summed E-state index contributed by atoms with van der Waals surface area (Å²) >= 11 is 13.9. The molecule has 0 saturated carbocycles. The number of hydrogen-bond acceptors (Lipinski definition) is 3. The summed E-state index contributed by atoms with van der Waals surface area (Å²) in [6, 6.07) is 13.0. The zero-order valence-electron chi connectivity index (χ0n) is 19.4. The van der Waals surface area contributed by atoms with E-state index in [-0.39, 0.29) is 17.4 Å². The molecule has 0 spiro atoms. The van der Waals surface area contributed by atoms with Gasteiger partial charge in [-0.2, -0.15) is 0 Å². The van der Waals surface area contributed by atoms with E-state index < -0.39 is 6.04 Å². The van der Waals surface area contributed by atoms with Crippen molar-refractivity contribution in [1.29, 1.82) is 0 Å². The number of nitrogens with zero attached hydrogens (tertiary/aromatic N) is 1. The monoisotopic (exact) mass is 494 g/mol. The molecule has 0 heterocycles. The molecule has 0 bridgehead atoms. The highest BCUT2D eigenvalue weighted by molar-refractivity contribution is 7.99. The van der Waals surface area contributed by atoms with Crippen LogP contribution in [0.3, 0.4) is 0 Å². The van der Waals surface area contributed by atoms with Gasteiger partial charge in [-0.1, -0.05) is 53.9 Å². The standard InChI is InChI=1S/C25H32Cl2N2O2S/c1-6-22(24(31)28-25(3,4)5)29(16-18-9-12-20(26)21(27)15-18)23(30)13-14-32-19-10-7-17(2)8-11-19/h7-12,15,22H,6,13-14,16H2,1-5H3,(H,28,31). The Bertz CT molecular complexity index is 927. The maximum atomic E-state index is 13.3. The van der Waals surface area contributed by atoms with Gasteiger partial charge < -0.3 is 10.2 Å². The molecule has 2 aromatic rings. The van der Waals surface area contributed by atoms with E-state index in [1.54, 1.807) is 28.8 Å². The lowest BCUT2D eigenvalue weighted by Gasteiger charge is -2.33. The van der Waals surface area contributed by atoms with Crippen molar-refractivity contribution >= 4 is 46.8 Å². The largest absolute Gasteiger partial charge is 0.350 e. The van der Waals surface area contributed by atoms with E-state index in [2.05, 4.69) is 29.6 Å². The number of halogens is 2. The van der Waals surface area contributed by atoms with Crippen LogP contribution >= 0.6 is 35.0 Å². The van der Waals surface area contributed by atoms with Crippen molar-refractivity contribution in [2.45, 2.75) is 70.5 Å². The molecule has 7 heteroatoms. The first-order valence-corrected chi connectivity index (χ1v) is 12.5. The number of benzene rings is 2. The van der Waals surface area contributed by atoms with Crippen molar-refractivity contribution in [2.75, 3.05) is 5.75 Å². The number of aryl methyl sites for hydroxylation is 1. The van der Waals surface area contributed by atoms with Crippen LogP contribution in [0.15, 0.2) is 47.4 Å². The predicted octanol–water partition coefficient (Wildman–Crippen LogP) is 6.51. The van der Waals surface area contributed by atoms with E-state index in [0.717, 1.165) is 10.5 Å². The van der Waals surface area contributed by atoms with Crippen LogP contribution in [0.5, 0.6) is 0 Å². The Morgan fingerprint density at radius 2 is 1.72 bits per heavy atom. The molecule has 1 N–H and O–H groups in total. The van der Waals surface area contributed by atoms with Gasteiger partial charge in [0.25, 0.3) is 0 Å². The van der Waals surface area contributed by atoms with Gasteiger partial charge in [0.05, 0.1) is 10.0 Å². The third kappa shape index (κ3) is 8.34. The van der Waals surface area contributed by atoms with E-state index >= 15 is 0 Å². The van der Waals surface area contributed by atoms with Crippen LogP contribution < -0.4 is 5.32 Å². The van der Waals surface area contributed by atoms with Crippen LogP contribution in [0.4, 0.5) is 0 Å². The van der Waals surface area contributed by atoms with Gasteiger partial charge in [0, 0.05) is 29.2 Å². The zero-order valence-corrected chi connectivity index (χ0v) is 21.7. The minimum atomic E-state index is -0.569. The average molecular weight is 496 g/mol. The molecule has 4 nitrogen and oxygen atoms in total. The number of nitrogens with one attached hydrogen (secondary N) is 1. The molecule has 0 aromatic heterocycles. The summed E-state index contributed by atoms with van der Waals surface area (Å²) in [5.41, 5.74) is 1.65. The molecule has 0 aliphatic heterocycles. The van der Waals surface area contributed by atoms with Crippen LogP contribution in [-0.4, -0.2) is 34.0 Å². The molecule has 2 rings (SSSR count). The SMILES string of the molecule is CCC(C(=O)NC(C)(C)C)N(Cc1ccc(Cl)c(Cl)c1)C(=O)CCSc1ccc(C)cc1. The van der Waals surface area contributed by atoms with Crippen molar-refractivity contribution in [1.82, 2.24) is 10.2 Å². The maximum Gasteiger partial charge on any atom is 0.243 e. The summed E-state index contributed by atoms with van der Waals surface area (Å²) in [6.07, 6.45) is 0.846. The summed E-state index contributed by atoms with van der Waals surface area (Å²) in [5, 5.41) is 3.90. The van der Waals surface area contributed by atoms with Gasteiger partial charge >= 0.3 is 0 Å². The van der Waals surface area contributed by atoms with E-state index in [1.807, 2.05) is 40.7 Å². The lowest BCUT2D eigenvalue weighted by atomic mass is 10.1. The Kier molecular flexibility index (Phi) is 9.93. The van der Waals surface area contributed by atoms with Gasteiger partial charge in [0.2, 0.25) is 11.8 Å². The molecule has 1 atom stereocenters. The van der Waals surface area contributed by atoms with Gasteiger partial charge in [0.1, 0.15) is 6.04 Å². The van der Waals surface area contributed by atoms with E-state index in [0.29, 0.717) is 35.2 Å². The lowest BCUT2D eigenvalue weighted by molar-refractivity contribution is -0.141. The Balaban J connectivity index is 2.18. The van der Waals surface area contributed by atoms with Crippen molar-refractivity contribution in [3.05, 3.63) is 63.6 Å². The second-order valence-electron chi connectivity index (χ2n) is 8.84. The fourth-order valence-electron chi connectivity index (χ4n) is 3.24. The minimum absolute atomic E-state index is 0.0633. The summed E-state index contributed by atoms with van der Waals surface area (Å²) in [5.74, 6) is 0.420. The first-order chi connectivity index (χ1) is 15.0. The molecule has 2 aromatic carbocycles. The molecule has 2 amide bonds. The van der Waals surface area contributed by atoms with E-state index in [9.17, 15) is 9.59 Å². The number of hydrogen-bond donors (Lipinski definition) is 1. The quantitative estimate of drug-likeness (QED) is 0.404. The van der Waals surface area contributed by atoms with Gasteiger partial charge in [-0.25, -0.2) is 0 Å². The summed E-state index contributed by atoms with van der Waals surface area (Å²) in [4.78, 5) is 29.1. The molecular formula is C25H32Cl2N2O2S. The van der Waals surface area contributed by atoms with Crippen LogP contribution in [0.2, 0.25) is 10.0 Å². The number of carbonyl (C=O) groups is 2. The Labute approximate surface area is 206 Å². The zero-order chi connectivity index (χ0) is 23.9. The lowest BCUT2D eigenvalue weighted by Crippen LogP contribution is -2.53. The fraction of sp³-hybridized carbons (Fsp3) is 0.440. The van der Waals surface area contributed by atoms with Crippen LogP contribution in [0.1, 0.15) is 51.7 Å². The Morgan fingerprint density at radius 3 is 2.28 bits per heavy atom. The summed E-state index contributed by atoms with van der Waals surface area (Å²) < 4.78 is 0.